The Morgan fingerprint density at radius 2 is 1.96 bits per heavy atom. The van der Waals surface area contributed by atoms with Crippen molar-refractivity contribution < 1.29 is 14.7 Å². The number of carbonyl (C=O) groups is 2. The van der Waals surface area contributed by atoms with Gasteiger partial charge in [-0.05, 0) is 48.4 Å². The summed E-state index contributed by atoms with van der Waals surface area (Å²) < 4.78 is 0. The van der Waals surface area contributed by atoms with Crippen LogP contribution in [0.3, 0.4) is 0 Å². The average molecular weight is 339 g/mol. The number of likely N-dealkylation sites (tertiary alicyclic amines) is 1. The van der Waals surface area contributed by atoms with E-state index in [-0.39, 0.29) is 18.2 Å². The predicted octanol–water partition coefficient (Wildman–Crippen LogP) is 4.05. The monoisotopic (exact) mass is 339 g/mol. The summed E-state index contributed by atoms with van der Waals surface area (Å²) in [6.45, 7) is 3.43. The van der Waals surface area contributed by atoms with Gasteiger partial charge in [-0.2, -0.15) is 0 Å². The summed E-state index contributed by atoms with van der Waals surface area (Å²) in [5, 5.41) is 11.2. The van der Waals surface area contributed by atoms with Crippen molar-refractivity contribution in [3.8, 4) is 0 Å². The van der Waals surface area contributed by atoms with Crippen molar-refractivity contribution in [2.75, 3.05) is 13.1 Å². The molecule has 4 heteroatoms. The number of piperidine rings is 1. The first-order chi connectivity index (χ1) is 12.0. The molecule has 1 fully saturated rings. The number of benzene rings is 2. The van der Waals surface area contributed by atoms with Crippen LogP contribution < -0.4 is 0 Å². The maximum absolute atomic E-state index is 12.9. The van der Waals surface area contributed by atoms with E-state index in [4.69, 9.17) is 5.11 Å². The SMILES string of the molecule is CC(C(=O)N1CCCC(CCC(=O)O)C1)c1ccc2ccccc2c1. The summed E-state index contributed by atoms with van der Waals surface area (Å²) in [7, 11) is 0. The first kappa shape index (κ1) is 17.5. The Morgan fingerprint density at radius 3 is 2.72 bits per heavy atom. The van der Waals surface area contributed by atoms with E-state index in [0.29, 0.717) is 18.9 Å². The van der Waals surface area contributed by atoms with Crippen LogP contribution in [0, 0.1) is 5.92 Å². The molecule has 1 aliphatic rings. The summed E-state index contributed by atoms with van der Waals surface area (Å²) in [4.78, 5) is 25.6. The van der Waals surface area contributed by atoms with E-state index in [1.807, 2.05) is 30.0 Å². The van der Waals surface area contributed by atoms with Crippen molar-refractivity contribution in [3.63, 3.8) is 0 Å². The van der Waals surface area contributed by atoms with E-state index < -0.39 is 5.97 Å². The van der Waals surface area contributed by atoms with Crippen LogP contribution in [0.1, 0.15) is 44.1 Å². The van der Waals surface area contributed by atoms with Crippen LogP contribution in [0.2, 0.25) is 0 Å². The topological polar surface area (TPSA) is 57.6 Å². The first-order valence-electron chi connectivity index (χ1n) is 9.04. The zero-order chi connectivity index (χ0) is 17.8. The Bertz CT molecular complexity index is 771. The zero-order valence-electron chi connectivity index (χ0n) is 14.6. The third kappa shape index (κ3) is 4.19. The minimum absolute atomic E-state index is 0.148. The fourth-order valence-corrected chi connectivity index (χ4v) is 3.72. The number of hydrogen-bond acceptors (Lipinski definition) is 2. The molecule has 2 aromatic rings. The lowest BCUT2D eigenvalue weighted by atomic mass is 9.91. The molecule has 0 spiro atoms. The minimum atomic E-state index is -0.756. The van der Waals surface area contributed by atoms with Gasteiger partial charge in [0.05, 0.1) is 5.92 Å². The van der Waals surface area contributed by atoms with E-state index in [9.17, 15) is 9.59 Å². The fourth-order valence-electron chi connectivity index (χ4n) is 3.72. The minimum Gasteiger partial charge on any atom is -0.481 e. The van der Waals surface area contributed by atoms with Gasteiger partial charge in [0.25, 0.3) is 0 Å². The van der Waals surface area contributed by atoms with Crippen LogP contribution in [0.25, 0.3) is 10.8 Å². The lowest BCUT2D eigenvalue weighted by Crippen LogP contribution is -2.42. The molecule has 0 aliphatic carbocycles. The van der Waals surface area contributed by atoms with Crippen molar-refractivity contribution in [3.05, 3.63) is 48.0 Å². The average Bonchev–Trinajstić information content (AvgIpc) is 2.65. The molecule has 1 aliphatic heterocycles. The molecule has 0 radical (unpaired) electrons. The van der Waals surface area contributed by atoms with Gasteiger partial charge in [0.2, 0.25) is 5.91 Å². The molecule has 1 N–H and O–H groups in total. The third-order valence-corrected chi connectivity index (χ3v) is 5.24. The van der Waals surface area contributed by atoms with Gasteiger partial charge in [-0.1, -0.05) is 42.5 Å². The maximum Gasteiger partial charge on any atom is 0.303 e. The highest BCUT2D eigenvalue weighted by Crippen LogP contribution is 2.27. The zero-order valence-corrected chi connectivity index (χ0v) is 14.6. The molecule has 25 heavy (non-hydrogen) atoms. The molecular formula is C21H25NO3. The second kappa shape index (κ2) is 7.68. The van der Waals surface area contributed by atoms with Gasteiger partial charge in [-0.3, -0.25) is 9.59 Å². The largest absolute Gasteiger partial charge is 0.481 e. The van der Waals surface area contributed by atoms with E-state index in [1.165, 1.54) is 5.39 Å². The molecule has 4 nitrogen and oxygen atoms in total. The van der Waals surface area contributed by atoms with Crippen LogP contribution in [0.4, 0.5) is 0 Å². The van der Waals surface area contributed by atoms with Gasteiger partial charge < -0.3 is 10.0 Å². The van der Waals surface area contributed by atoms with Crippen molar-refractivity contribution in [2.45, 2.75) is 38.5 Å². The summed E-state index contributed by atoms with van der Waals surface area (Å²) >= 11 is 0. The molecular weight excluding hydrogens is 314 g/mol. The predicted molar refractivity (Wildman–Crippen MR) is 98.5 cm³/mol. The number of carboxylic acid groups (broad SMARTS) is 1. The second-order valence-electron chi connectivity index (χ2n) is 7.05. The van der Waals surface area contributed by atoms with Gasteiger partial charge in [-0.15, -0.1) is 0 Å². The molecule has 0 aromatic heterocycles. The molecule has 3 rings (SSSR count). The molecule has 2 atom stereocenters. The van der Waals surface area contributed by atoms with Gasteiger partial charge in [-0.25, -0.2) is 0 Å². The quantitative estimate of drug-likeness (QED) is 0.894. The smallest absolute Gasteiger partial charge is 0.303 e. The van der Waals surface area contributed by atoms with Crippen molar-refractivity contribution >= 4 is 22.6 Å². The number of carboxylic acids is 1. The van der Waals surface area contributed by atoms with E-state index in [1.54, 1.807) is 0 Å². The highest BCUT2D eigenvalue weighted by molar-refractivity contribution is 5.87. The molecule has 1 amide bonds. The first-order valence-corrected chi connectivity index (χ1v) is 9.04. The molecule has 0 saturated carbocycles. The maximum atomic E-state index is 12.9. The third-order valence-electron chi connectivity index (χ3n) is 5.24. The number of rotatable bonds is 5. The van der Waals surface area contributed by atoms with Crippen LogP contribution in [0.15, 0.2) is 42.5 Å². The van der Waals surface area contributed by atoms with Gasteiger partial charge in [0, 0.05) is 19.5 Å². The number of carbonyl (C=O) groups excluding carboxylic acids is 1. The van der Waals surface area contributed by atoms with Gasteiger partial charge in [0.15, 0.2) is 0 Å². The van der Waals surface area contributed by atoms with Crippen LogP contribution >= 0.6 is 0 Å². The standard InChI is InChI=1S/C21H25NO3/c1-15(18-10-9-17-6-2-3-7-19(17)13-18)21(25)22-12-4-5-16(14-22)8-11-20(23)24/h2-3,6-7,9-10,13,15-16H,4-5,8,11-12,14H2,1H3,(H,23,24). The highest BCUT2D eigenvalue weighted by atomic mass is 16.4. The van der Waals surface area contributed by atoms with Crippen LogP contribution in [-0.4, -0.2) is 35.0 Å². The normalized spacial score (nSPS) is 18.9. The Kier molecular flexibility index (Phi) is 5.37. The second-order valence-corrected chi connectivity index (χ2v) is 7.05. The lowest BCUT2D eigenvalue weighted by Gasteiger charge is -2.34. The Morgan fingerprint density at radius 1 is 1.20 bits per heavy atom. The van der Waals surface area contributed by atoms with Gasteiger partial charge >= 0.3 is 5.97 Å². The number of aliphatic carboxylic acids is 1. The van der Waals surface area contributed by atoms with E-state index in [0.717, 1.165) is 30.3 Å². The molecule has 2 unspecified atom stereocenters. The number of fused-ring (bicyclic) bond motifs is 1. The van der Waals surface area contributed by atoms with Crippen molar-refractivity contribution in [1.29, 1.82) is 0 Å². The lowest BCUT2D eigenvalue weighted by molar-refractivity contribution is -0.137. The van der Waals surface area contributed by atoms with Crippen molar-refractivity contribution in [2.24, 2.45) is 5.92 Å². The summed E-state index contributed by atoms with van der Waals surface area (Å²) in [6.07, 6.45) is 2.82. The molecule has 0 bridgehead atoms. The molecule has 2 aromatic carbocycles. The number of hydrogen-bond donors (Lipinski definition) is 1. The van der Waals surface area contributed by atoms with Crippen LogP contribution in [-0.2, 0) is 9.59 Å². The molecule has 1 heterocycles. The molecule has 132 valence electrons. The Balaban J connectivity index is 1.69. The fraction of sp³-hybridized carbons (Fsp3) is 0.429. The van der Waals surface area contributed by atoms with E-state index >= 15 is 0 Å². The Labute approximate surface area is 148 Å². The van der Waals surface area contributed by atoms with Gasteiger partial charge in [0.1, 0.15) is 0 Å². The number of nitrogens with zero attached hydrogens (tertiary/aromatic N) is 1. The highest BCUT2D eigenvalue weighted by Gasteiger charge is 2.27. The number of amides is 1. The molecule has 1 saturated heterocycles. The Hall–Kier alpha value is -2.36. The summed E-state index contributed by atoms with van der Waals surface area (Å²) in [5.41, 5.74) is 1.04. The van der Waals surface area contributed by atoms with E-state index in [2.05, 4.69) is 24.3 Å². The van der Waals surface area contributed by atoms with Crippen molar-refractivity contribution in [1.82, 2.24) is 4.90 Å². The van der Waals surface area contributed by atoms with Crippen LogP contribution in [0.5, 0.6) is 0 Å². The summed E-state index contributed by atoms with van der Waals surface area (Å²) in [6, 6.07) is 14.4. The summed E-state index contributed by atoms with van der Waals surface area (Å²) in [5.74, 6) is -0.483.